The molecule has 0 aromatic heterocycles. The maximum atomic E-state index is 12.9. The molecule has 3 nitrogen and oxygen atoms in total. The minimum atomic E-state index is -0.818. The zero-order valence-corrected chi connectivity index (χ0v) is 11.3. The molecule has 0 bridgehead atoms. The Bertz CT molecular complexity index is 412. The van der Waals surface area contributed by atoms with Crippen molar-refractivity contribution in [1.29, 1.82) is 0 Å². The van der Waals surface area contributed by atoms with Crippen LogP contribution < -0.4 is 0 Å². The minimum Gasteiger partial charge on any atom is -0.464 e. The number of carbonyl (C=O) groups is 1. The number of carbonyl (C=O) groups excluding carboxylic acids is 1. The van der Waals surface area contributed by atoms with Gasteiger partial charge in [-0.3, -0.25) is 0 Å². The third-order valence-corrected chi connectivity index (χ3v) is 2.43. The van der Waals surface area contributed by atoms with Crippen LogP contribution in [0, 0.1) is 5.82 Å². The van der Waals surface area contributed by atoms with Gasteiger partial charge in [-0.05, 0) is 31.0 Å². The Kier molecular flexibility index (Phi) is 6.82. The summed E-state index contributed by atoms with van der Waals surface area (Å²) in [5.41, 5.74) is 0.588. The van der Waals surface area contributed by atoms with Gasteiger partial charge in [0.15, 0.2) is 6.10 Å². The summed E-state index contributed by atoms with van der Waals surface area (Å²) in [5, 5.41) is 0. The van der Waals surface area contributed by atoms with Crippen molar-refractivity contribution in [3.63, 3.8) is 0 Å². The molecule has 104 valence electrons. The Labute approximate surface area is 113 Å². The highest BCUT2D eigenvalue weighted by Crippen LogP contribution is 2.19. The predicted octanol–water partition coefficient (Wildman–Crippen LogP) is 3.41. The summed E-state index contributed by atoms with van der Waals surface area (Å²) in [6.45, 7) is 4.34. The summed E-state index contributed by atoms with van der Waals surface area (Å²) < 4.78 is 23.3. The minimum absolute atomic E-state index is 0.282. The van der Waals surface area contributed by atoms with Crippen LogP contribution in [0.4, 0.5) is 4.39 Å². The van der Waals surface area contributed by atoms with Crippen LogP contribution in [0.2, 0.25) is 0 Å². The molecule has 0 N–H and O–H groups in total. The van der Waals surface area contributed by atoms with E-state index in [-0.39, 0.29) is 12.4 Å². The molecule has 4 heteroatoms. The molecular weight excluding hydrogens is 247 g/mol. The van der Waals surface area contributed by atoms with Gasteiger partial charge in [-0.25, -0.2) is 9.18 Å². The van der Waals surface area contributed by atoms with Crippen molar-refractivity contribution < 1.29 is 18.7 Å². The van der Waals surface area contributed by atoms with Crippen LogP contribution in [-0.2, 0) is 14.3 Å². The number of allylic oxidation sites excluding steroid dienone is 1. The van der Waals surface area contributed by atoms with Gasteiger partial charge >= 0.3 is 5.97 Å². The average molecular weight is 266 g/mol. The maximum Gasteiger partial charge on any atom is 0.339 e. The lowest BCUT2D eigenvalue weighted by Crippen LogP contribution is -2.19. The number of benzene rings is 1. The number of hydrogen-bond donors (Lipinski definition) is 0. The van der Waals surface area contributed by atoms with Crippen molar-refractivity contribution in [2.24, 2.45) is 0 Å². The summed E-state index contributed by atoms with van der Waals surface area (Å²) in [5.74, 6) is -0.809. The van der Waals surface area contributed by atoms with Crippen molar-refractivity contribution in [3.05, 3.63) is 47.8 Å². The Morgan fingerprint density at radius 1 is 1.26 bits per heavy atom. The highest BCUT2D eigenvalue weighted by atomic mass is 19.1. The van der Waals surface area contributed by atoms with Crippen LogP contribution in [0.1, 0.15) is 31.9 Å². The van der Waals surface area contributed by atoms with Gasteiger partial charge in [0, 0.05) is 0 Å². The van der Waals surface area contributed by atoms with Gasteiger partial charge < -0.3 is 9.47 Å². The average Bonchev–Trinajstić information content (AvgIpc) is 2.40. The Morgan fingerprint density at radius 3 is 2.53 bits per heavy atom. The second-order valence-corrected chi connectivity index (χ2v) is 3.90. The van der Waals surface area contributed by atoms with Crippen molar-refractivity contribution in [3.8, 4) is 0 Å². The number of hydrogen-bond acceptors (Lipinski definition) is 3. The predicted molar refractivity (Wildman–Crippen MR) is 71.2 cm³/mol. The first-order chi connectivity index (χ1) is 9.19. The molecule has 0 heterocycles. The Morgan fingerprint density at radius 2 is 1.95 bits per heavy atom. The summed E-state index contributed by atoms with van der Waals surface area (Å²) in [4.78, 5) is 11.8. The number of rotatable bonds is 7. The molecule has 0 amide bonds. The lowest BCUT2D eigenvalue weighted by Gasteiger charge is -2.15. The van der Waals surface area contributed by atoms with Crippen molar-refractivity contribution in [1.82, 2.24) is 0 Å². The molecule has 19 heavy (non-hydrogen) atoms. The molecule has 1 unspecified atom stereocenters. The van der Waals surface area contributed by atoms with Gasteiger partial charge in [0.1, 0.15) is 5.82 Å². The molecule has 0 radical (unpaired) electrons. The standard InChI is InChI=1S/C15H19FO3/c1-3-5-6-11-19-14(15(17)18-4-2)12-7-9-13(16)10-8-12/h5-10,14H,3-4,11H2,1-2H3. The molecule has 1 atom stereocenters. The van der Waals surface area contributed by atoms with Gasteiger partial charge in [-0.15, -0.1) is 0 Å². The molecule has 0 fully saturated rings. The van der Waals surface area contributed by atoms with Crippen LogP contribution in [0.15, 0.2) is 36.4 Å². The Balaban J connectivity index is 2.76. The van der Waals surface area contributed by atoms with Crippen LogP contribution in [0.5, 0.6) is 0 Å². The van der Waals surface area contributed by atoms with E-state index in [1.807, 2.05) is 19.1 Å². The summed E-state index contributed by atoms with van der Waals surface area (Å²) in [6.07, 6.45) is 3.88. The fraction of sp³-hybridized carbons (Fsp3) is 0.400. The van der Waals surface area contributed by atoms with Crippen LogP contribution >= 0.6 is 0 Å². The molecule has 1 rings (SSSR count). The van der Waals surface area contributed by atoms with Crippen LogP contribution in [0.25, 0.3) is 0 Å². The molecule has 0 spiro atoms. The first-order valence-electron chi connectivity index (χ1n) is 6.37. The van der Waals surface area contributed by atoms with Crippen LogP contribution in [0.3, 0.4) is 0 Å². The van der Waals surface area contributed by atoms with Crippen molar-refractivity contribution >= 4 is 5.97 Å². The summed E-state index contributed by atoms with van der Waals surface area (Å²) in [7, 11) is 0. The molecular formula is C15H19FO3. The summed E-state index contributed by atoms with van der Waals surface area (Å²) in [6, 6.07) is 5.65. The maximum absolute atomic E-state index is 12.9. The molecule has 0 aliphatic carbocycles. The highest BCUT2D eigenvalue weighted by Gasteiger charge is 2.22. The second-order valence-electron chi connectivity index (χ2n) is 3.90. The molecule has 0 aliphatic rings. The zero-order chi connectivity index (χ0) is 14.1. The van der Waals surface area contributed by atoms with Gasteiger partial charge in [0.2, 0.25) is 0 Å². The topological polar surface area (TPSA) is 35.5 Å². The normalized spacial score (nSPS) is 12.6. The van der Waals surface area contributed by atoms with Gasteiger partial charge in [-0.1, -0.05) is 31.2 Å². The molecule has 0 saturated carbocycles. The zero-order valence-electron chi connectivity index (χ0n) is 11.3. The fourth-order valence-electron chi connectivity index (χ4n) is 1.54. The number of halogens is 1. The fourth-order valence-corrected chi connectivity index (χ4v) is 1.54. The smallest absolute Gasteiger partial charge is 0.339 e. The van der Waals surface area contributed by atoms with E-state index in [1.165, 1.54) is 24.3 Å². The van der Waals surface area contributed by atoms with Crippen LogP contribution in [-0.4, -0.2) is 19.2 Å². The second kappa shape index (κ2) is 8.43. The number of ether oxygens (including phenoxy) is 2. The summed E-state index contributed by atoms with van der Waals surface area (Å²) >= 11 is 0. The number of esters is 1. The van der Waals surface area contributed by atoms with E-state index >= 15 is 0 Å². The quantitative estimate of drug-likeness (QED) is 0.560. The van der Waals surface area contributed by atoms with Crippen molar-refractivity contribution in [2.45, 2.75) is 26.4 Å². The van der Waals surface area contributed by atoms with E-state index in [4.69, 9.17) is 9.47 Å². The monoisotopic (exact) mass is 266 g/mol. The molecule has 1 aromatic carbocycles. The molecule has 1 aromatic rings. The third-order valence-electron chi connectivity index (χ3n) is 2.43. The molecule has 0 saturated heterocycles. The van der Waals surface area contributed by atoms with Gasteiger partial charge in [-0.2, -0.15) is 0 Å². The van der Waals surface area contributed by atoms with Gasteiger partial charge in [0.25, 0.3) is 0 Å². The van der Waals surface area contributed by atoms with Crippen molar-refractivity contribution in [2.75, 3.05) is 13.2 Å². The van der Waals surface area contributed by atoms with E-state index in [0.717, 1.165) is 6.42 Å². The lowest BCUT2D eigenvalue weighted by atomic mass is 10.1. The highest BCUT2D eigenvalue weighted by molar-refractivity contribution is 5.76. The SMILES string of the molecule is CCC=CCOC(C(=O)OCC)c1ccc(F)cc1. The largest absolute Gasteiger partial charge is 0.464 e. The Hall–Kier alpha value is -1.68. The first kappa shape index (κ1) is 15.4. The van der Waals surface area contributed by atoms with Gasteiger partial charge in [0.05, 0.1) is 13.2 Å². The first-order valence-corrected chi connectivity index (χ1v) is 6.37. The van der Waals surface area contributed by atoms with E-state index in [0.29, 0.717) is 12.2 Å². The third kappa shape index (κ3) is 5.22. The van der Waals surface area contributed by atoms with E-state index < -0.39 is 12.1 Å². The van der Waals surface area contributed by atoms with E-state index in [1.54, 1.807) is 6.92 Å². The molecule has 0 aliphatic heterocycles. The van der Waals surface area contributed by atoms with E-state index in [2.05, 4.69) is 0 Å². The lowest BCUT2D eigenvalue weighted by molar-refractivity contribution is -0.156. The van der Waals surface area contributed by atoms with E-state index in [9.17, 15) is 9.18 Å².